The molecule has 0 atom stereocenters. The molecule has 74 valence electrons. The molecule has 0 radical (unpaired) electrons. The molecule has 5 heteroatoms. The van der Waals surface area contributed by atoms with Crippen LogP contribution in [0.2, 0.25) is 0 Å². The smallest absolute Gasteiger partial charge is 0.172 e. The number of aryl methyl sites for hydroxylation is 1. The Bertz CT molecular complexity index is 344. The third kappa shape index (κ3) is 2.87. The molecular formula is C9H11N3O2. The molecule has 0 aliphatic carbocycles. The van der Waals surface area contributed by atoms with Crippen LogP contribution in [-0.4, -0.2) is 22.5 Å². The number of benzene rings is 1. The molecule has 5 nitrogen and oxygen atoms in total. The molecule has 0 fully saturated rings. The van der Waals surface area contributed by atoms with E-state index in [1.165, 1.54) is 0 Å². The molecule has 0 saturated heterocycles. The van der Waals surface area contributed by atoms with Gasteiger partial charge < -0.3 is 5.21 Å². The van der Waals surface area contributed by atoms with E-state index in [0.29, 0.717) is 5.69 Å². The van der Waals surface area contributed by atoms with Crippen LogP contribution in [0.25, 0.3) is 0 Å². The van der Waals surface area contributed by atoms with E-state index in [0.717, 1.165) is 11.8 Å². The van der Waals surface area contributed by atoms with Crippen LogP contribution in [0.5, 0.6) is 0 Å². The van der Waals surface area contributed by atoms with E-state index in [-0.39, 0.29) is 5.84 Å². The topological polar surface area (TPSA) is 77.2 Å². The molecule has 0 heterocycles. The van der Waals surface area contributed by atoms with Crippen molar-refractivity contribution in [2.75, 3.05) is 0 Å². The highest BCUT2D eigenvalue weighted by molar-refractivity contribution is 6.29. The van der Waals surface area contributed by atoms with Crippen molar-refractivity contribution in [1.29, 1.82) is 0 Å². The molecule has 14 heavy (non-hydrogen) atoms. The Morgan fingerprint density at radius 1 is 1.36 bits per heavy atom. The van der Waals surface area contributed by atoms with Crippen LogP contribution in [0.15, 0.2) is 34.4 Å². The highest BCUT2D eigenvalue weighted by Crippen LogP contribution is 2.11. The summed E-state index contributed by atoms with van der Waals surface area (Å²) < 4.78 is 0. The Morgan fingerprint density at radius 3 is 2.50 bits per heavy atom. The summed E-state index contributed by atoms with van der Waals surface area (Å²) in [7, 11) is 0. The molecule has 3 N–H and O–H groups in total. The third-order valence-corrected chi connectivity index (χ3v) is 1.58. The molecule has 0 aliphatic rings. The zero-order chi connectivity index (χ0) is 10.4. The summed E-state index contributed by atoms with van der Waals surface area (Å²) >= 11 is 0. The second kappa shape index (κ2) is 4.98. The van der Waals surface area contributed by atoms with E-state index in [1.54, 1.807) is 17.6 Å². The van der Waals surface area contributed by atoms with Crippen LogP contribution in [0.1, 0.15) is 5.56 Å². The molecule has 0 aliphatic heterocycles. The number of hydroxylamine groups is 1. The molecule has 1 aromatic rings. The second-order valence-electron chi connectivity index (χ2n) is 2.69. The SMILES string of the molecule is Cc1ccc(N=C(/C=N/O)NO)cc1. The molecule has 0 spiro atoms. The minimum atomic E-state index is 0.0661. The number of rotatable bonds is 2. The van der Waals surface area contributed by atoms with Crippen molar-refractivity contribution in [1.82, 2.24) is 5.48 Å². The maximum absolute atomic E-state index is 8.59. The van der Waals surface area contributed by atoms with Gasteiger partial charge in [-0.1, -0.05) is 22.9 Å². The quantitative estimate of drug-likeness (QED) is 0.288. The lowest BCUT2D eigenvalue weighted by Gasteiger charge is -1.98. The van der Waals surface area contributed by atoms with Crippen LogP contribution >= 0.6 is 0 Å². The van der Waals surface area contributed by atoms with Gasteiger partial charge in [-0.3, -0.25) is 10.7 Å². The number of amidine groups is 1. The first-order valence-electron chi connectivity index (χ1n) is 3.99. The summed E-state index contributed by atoms with van der Waals surface area (Å²) in [6.45, 7) is 1.97. The Balaban J connectivity index is 2.89. The summed E-state index contributed by atoms with van der Waals surface area (Å²) in [5.74, 6) is 0.0661. The van der Waals surface area contributed by atoms with E-state index in [2.05, 4.69) is 10.1 Å². The van der Waals surface area contributed by atoms with Gasteiger partial charge in [0.05, 0.1) is 5.69 Å². The van der Waals surface area contributed by atoms with E-state index in [4.69, 9.17) is 10.4 Å². The van der Waals surface area contributed by atoms with Crippen molar-refractivity contribution >= 4 is 17.7 Å². The number of nitrogens with one attached hydrogen (secondary N) is 1. The Morgan fingerprint density at radius 2 is 2.00 bits per heavy atom. The highest BCUT2D eigenvalue weighted by atomic mass is 16.5. The normalized spacial score (nSPS) is 12.0. The first-order chi connectivity index (χ1) is 6.76. The number of nitrogens with zero attached hydrogens (tertiary/aromatic N) is 2. The lowest BCUT2D eigenvalue weighted by atomic mass is 10.2. The number of oxime groups is 1. The van der Waals surface area contributed by atoms with E-state index in [1.807, 2.05) is 19.1 Å². The molecule has 1 aromatic carbocycles. The molecule has 1 rings (SSSR count). The van der Waals surface area contributed by atoms with E-state index >= 15 is 0 Å². The maximum atomic E-state index is 8.59. The van der Waals surface area contributed by atoms with Crippen LogP contribution in [-0.2, 0) is 0 Å². The van der Waals surface area contributed by atoms with Gasteiger partial charge in [0.25, 0.3) is 0 Å². The maximum Gasteiger partial charge on any atom is 0.172 e. The predicted octanol–water partition coefficient (Wildman–Crippen LogP) is 1.46. The van der Waals surface area contributed by atoms with Crippen molar-refractivity contribution in [2.45, 2.75) is 6.92 Å². The zero-order valence-electron chi connectivity index (χ0n) is 7.68. The lowest BCUT2D eigenvalue weighted by molar-refractivity contribution is 0.236. The second-order valence-corrected chi connectivity index (χ2v) is 2.69. The first-order valence-corrected chi connectivity index (χ1v) is 3.99. The summed E-state index contributed by atoms with van der Waals surface area (Å²) in [6.07, 6.45) is 1.000. The van der Waals surface area contributed by atoms with Gasteiger partial charge in [-0.25, -0.2) is 4.99 Å². The average Bonchev–Trinajstić information content (AvgIpc) is 2.20. The van der Waals surface area contributed by atoms with E-state index in [9.17, 15) is 0 Å². The molecule has 0 saturated carbocycles. The van der Waals surface area contributed by atoms with Crippen molar-refractivity contribution in [3.8, 4) is 0 Å². The zero-order valence-corrected chi connectivity index (χ0v) is 7.68. The van der Waals surface area contributed by atoms with Crippen LogP contribution in [0.3, 0.4) is 0 Å². The van der Waals surface area contributed by atoms with Gasteiger partial charge in [0.1, 0.15) is 6.21 Å². The van der Waals surface area contributed by atoms with Gasteiger partial charge in [-0.05, 0) is 19.1 Å². The van der Waals surface area contributed by atoms with Crippen molar-refractivity contribution in [3.05, 3.63) is 29.8 Å². The van der Waals surface area contributed by atoms with Crippen LogP contribution in [0, 0.1) is 6.92 Å². The summed E-state index contributed by atoms with van der Waals surface area (Å²) in [5, 5.41) is 19.6. The van der Waals surface area contributed by atoms with Gasteiger partial charge in [0.15, 0.2) is 5.84 Å². The van der Waals surface area contributed by atoms with Crippen molar-refractivity contribution in [3.63, 3.8) is 0 Å². The van der Waals surface area contributed by atoms with Gasteiger partial charge in [-0.15, -0.1) is 0 Å². The first kappa shape index (κ1) is 10.2. The molecular weight excluding hydrogens is 182 g/mol. The summed E-state index contributed by atoms with van der Waals surface area (Å²) in [6, 6.07) is 7.36. The van der Waals surface area contributed by atoms with Gasteiger partial charge in [0, 0.05) is 0 Å². The Hall–Kier alpha value is -1.88. The van der Waals surface area contributed by atoms with Gasteiger partial charge in [-0.2, -0.15) is 0 Å². The fraction of sp³-hybridized carbons (Fsp3) is 0.111. The van der Waals surface area contributed by atoms with E-state index < -0.39 is 0 Å². The van der Waals surface area contributed by atoms with Crippen LogP contribution in [0.4, 0.5) is 5.69 Å². The average molecular weight is 193 g/mol. The molecule has 0 amide bonds. The van der Waals surface area contributed by atoms with Gasteiger partial charge >= 0.3 is 0 Å². The fourth-order valence-electron chi connectivity index (χ4n) is 0.896. The Kier molecular flexibility index (Phi) is 3.63. The van der Waals surface area contributed by atoms with Crippen molar-refractivity contribution in [2.24, 2.45) is 10.1 Å². The molecule has 0 bridgehead atoms. The summed E-state index contributed by atoms with van der Waals surface area (Å²) in [5.41, 5.74) is 3.59. The van der Waals surface area contributed by atoms with Crippen LogP contribution < -0.4 is 5.48 Å². The monoisotopic (exact) mass is 193 g/mol. The predicted molar refractivity (Wildman–Crippen MR) is 53.5 cm³/mol. The standard InChI is InChI=1S/C9H11N3O2/c1-7-2-4-8(5-3-7)11-9(12-14)6-10-13/h2-6,13-14H,1H3,(H,11,12)/b10-6+. The minimum Gasteiger partial charge on any atom is -0.411 e. The third-order valence-electron chi connectivity index (χ3n) is 1.58. The number of aliphatic imine (C=N–C) groups is 1. The molecule has 0 unspecified atom stereocenters. The fourth-order valence-corrected chi connectivity index (χ4v) is 0.896. The highest BCUT2D eigenvalue weighted by Gasteiger charge is 1.93. The Labute approximate surface area is 81.4 Å². The summed E-state index contributed by atoms with van der Waals surface area (Å²) in [4.78, 5) is 3.95. The minimum absolute atomic E-state index is 0.0661. The molecule has 0 aromatic heterocycles. The van der Waals surface area contributed by atoms with Gasteiger partial charge in [0.2, 0.25) is 0 Å². The number of hydrogen-bond donors (Lipinski definition) is 3. The van der Waals surface area contributed by atoms with Crippen molar-refractivity contribution < 1.29 is 10.4 Å². The number of hydrogen-bond acceptors (Lipinski definition) is 4. The largest absolute Gasteiger partial charge is 0.411 e. The lowest BCUT2D eigenvalue weighted by Crippen LogP contribution is -2.19.